The first kappa shape index (κ1) is 12.3. The average Bonchev–Trinajstić information content (AvgIpc) is 2.67. The summed E-state index contributed by atoms with van der Waals surface area (Å²) in [7, 11) is 3.25. The highest BCUT2D eigenvalue weighted by Gasteiger charge is 2.09. The van der Waals surface area contributed by atoms with Gasteiger partial charge in [-0.05, 0) is 6.26 Å². The summed E-state index contributed by atoms with van der Waals surface area (Å²) in [6.07, 6.45) is 1.81. The standard InChI is InChI=1S/C7H12N2O2S3/c1-10-5(11-2)4-13-7-9-8-6(12-3)14-7/h5H,4H2,1-3H3. The molecule has 0 saturated carbocycles. The number of methoxy groups -OCH3 is 2. The van der Waals surface area contributed by atoms with Crippen molar-refractivity contribution in [1.82, 2.24) is 10.2 Å². The number of nitrogens with zero attached hydrogens (tertiary/aromatic N) is 2. The molecule has 4 nitrogen and oxygen atoms in total. The van der Waals surface area contributed by atoms with Crippen LogP contribution in [0.15, 0.2) is 8.68 Å². The fourth-order valence-corrected chi connectivity index (χ4v) is 3.20. The summed E-state index contributed by atoms with van der Waals surface area (Å²) in [4.78, 5) is 0. The second-order valence-electron chi connectivity index (χ2n) is 2.25. The molecule has 0 aliphatic heterocycles. The van der Waals surface area contributed by atoms with Crippen molar-refractivity contribution >= 4 is 34.9 Å². The van der Waals surface area contributed by atoms with Crippen molar-refractivity contribution in [2.45, 2.75) is 15.0 Å². The molecule has 0 aliphatic carbocycles. The van der Waals surface area contributed by atoms with Crippen molar-refractivity contribution in [3.8, 4) is 0 Å². The van der Waals surface area contributed by atoms with Crippen molar-refractivity contribution in [2.75, 3.05) is 26.2 Å². The molecule has 1 heterocycles. The largest absolute Gasteiger partial charge is 0.355 e. The van der Waals surface area contributed by atoms with E-state index in [1.165, 1.54) is 0 Å². The zero-order chi connectivity index (χ0) is 10.4. The number of hydrogen-bond donors (Lipinski definition) is 0. The Morgan fingerprint density at radius 1 is 1.29 bits per heavy atom. The molecule has 1 aromatic rings. The predicted molar refractivity (Wildman–Crippen MR) is 60.2 cm³/mol. The topological polar surface area (TPSA) is 44.2 Å². The lowest BCUT2D eigenvalue weighted by Gasteiger charge is -2.10. The Balaban J connectivity index is 2.37. The fraction of sp³-hybridized carbons (Fsp3) is 0.714. The first-order valence-corrected chi connectivity index (χ1v) is 6.88. The summed E-state index contributed by atoms with van der Waals surface area (Å²) in [6.45, 7) is 0. The molecule has 80 valence electrons. The summed E-state index contributed by atoms with van der Waals surface area (Å²) < 4.78 is 12.1. The molecular formula is C7H12N2O2S3. The maximum Gasteiger partial charge on any atom is 0.175 e. The van der Waals surface area contributed by atoms with Gasteiger partial charge in [-0.2, -0.15) is 0 Å². The van der Waals surface area contributed by atoms with E-state index in [0.717, 1.165) is 14.4 Å². The summed E-state index contributed by atoms with van der Waals surface area (Å²) in [5.41, 5.74) is 0. The van der Waals surface area contributed by atoms with Crippen LogP contribution in [-0.4, -0.2) is 42.7 Å². The predicted octanol–water partition coefficient (Wildman–Crippen LogP) is 1.97. The van der Waals surface area contributed by atoms with Crippen LogP contribution in [0.4, 0.5) is 0 Å². The molecule has 1 aromatic heterocycles. The highest BCUT2D eigenvalue weighted by atomic mass is 32.2. The van der Waals surface area contributed by atoms with Crippen molar-refractivity contribution < 1.29 is 9.47 Å². The first-order chi connectivity index (χ1) is 6.80. The molecule has 0 spiro atoms. The molecule has 0 aromatic carbocycles. The molecular weight excluding hydrogens is 240 g/mol. The Kier molecular flexibility index (Phi) is 5.80. The smallest absolute Gasteiger partial charge is 0.175 e. The molecule has 1 rings (SSSR count). The average molecular weight is 252 g/mol. The summed E-state index contributed by atoms with van der Waals surface area (Å²) >= 11 is 4.79. The van der Waals surface area contributed by atoms with Gasteiger partial charge < -0.3 is 9.47 Å². The highest BCUT2D eigenvalue weighted by molar-refractivity contribution is 8.02. The second-order valence-corrected chi connectivity index (χ2v) is 5.55. The minimum atomic E-state index is -0.179. The van der Waals surface area contributed by atoms with Crippen LogP contribution in [0, 0.1) is 0 Å². The quantitative estimate of drug-likeness (QED) is 0.570. The number of ether oxygens (including phenoxy) is 2. The van der Waals surface area contributed by atoms with Crippen LogP contribution < -0.4 is 0 Å². The number of aromatic nitrogens is 2. The van der Waals surface area contributed by atoms with E-state index in [0.29, 0.717) is 0 Å². The summed E-state index contributed by atoms with van der Waals surface area (Å²) in [6, 6.07) is 0. The van der Waals surface area contributed by atoms with Gasteiger partial charge in [-0.1, -0.05) is 34.9 Å². The van der Waals surface area contributed by atoms with Gasteiger partial charge in [0.15, 0.2) is 15.0 Å². The van der Waals surface area contributed by atoms with Crippen LogP contribution in [0.25, 0.3) is 0 Å². The lowest BCUT2D eigenvalue weighted by Crippen LogP contribution is -2.15. The third-order valence-electron chi connectivity index (χ3n) is 1.43. The van der Waals surface area contributed by atoms with Gasteiger partial charge in [0.25, 0.3) is 0 Å². The second kappa shape index (κ2) is 6.62. The van der Waals surface area contributed by atoms with Gasteiger partial charge in [-0.15, -0.1) is 10.2 Å². The molecule has 14 heavy (non-hydrogen) atoms. The SMILES string of the molecule is COC(CSc1nnc(SC)s1)OC. The number of hydrogen-bond acceptors (Lipinski definition) is 7. The Morgan fingerprint density at radius 2 is 1.93 bits per heavy atom. The van der Waals surface area contributed by atoms with Crippen molar-refractivity contribution in [1.29, 1.82) is 0 Å². The molecule has 7 heteroatoms. The molecule has 0 unspecified atom stereocenters. The van der Waals surface area contributed by atoms with E-state index in [2.05, 4.69) is 10.2 Å². The third kappa shape index (κ3) is 3.74. The molecule has 0 saturated heterocycles. The van der Waals surface area contributed by atoms with E-state index >= 15 is 0 Å². The Hall–Kier alpha value is 0.180. The Bertz CT molecular complexity index is 265. The Labute approximate surface area is 95.8 Å². The van der Waals surface area contributed by atoms with E-state index in [4.69, 9.17) is 9.47 Å². The number of thioether (sulfide) groups is 2. The van der Waals surface area contributed by atoms with Gasteiger partial charge in [0.05, 0.1) is 5.75 Å². The monoisotopic (exact) mass is 252 g/mol. The zero-order valence-electron chi connectivity index (χ0n) is 8.22. The highest BCUT2D eigenvalue weighted by Crippen LogP contribution is 2.27. The van der Waals surface area contributed by atoms with Crippen LogP contribution in [-0.2, 0) is 9.47 Å². The van der Waals surface area contributed by atoms with Gasteiger partial charge in [0, 0.05) is 14.2 Å². The molecule has 0 aliphatic rings. The van der Waals surface area contributed by atoms with Crippen LogP contribution in [0.5, 0.6) is 0 Å². The maximum atomic E-state index is 5.06. The normalized spacial score (nSPS) is 11.1. The van der Waals surface area contributed by atoms with Crippen LogP contribution in [0.1, 0.15) is 0 Å². The molecule has 0 bridgehead atoms. The van der Waals surface area contributed by atoms with E-state index in [1.54, 1.807) is 49.1 Å². The lowest BCUT2D eigenvalue weighted by atomic mass is 10.7. The molecule has 0 fully saturated rings. The van der Waals surface area contributed by atoms with E-state index in [1.807, 2.05) is 6.26 Å². The molecule has 0 atom stereocenters. The summed E-state index contributed by atoms with van der Waals surface area (Å²) in [5.74, 6) is 0.732. The maximum absolute atomic E-state index is 5.06. The fourth-order valence-electron chi connectivity index (χ4n) is 0.710. The van der Waals surface area contributed by atoms with E-state index in [9.17, 15) is 0 Å². The zero-order valence-corrected chi connectivity index (χ0v) is 10.7. The molecule has 0 amide bonds. The lowest BCUT2D eigenvalue weighted by molar-refractivity contribution is -0.0842. The first-order valence-electron chi connectivity index (χ1n) is 3.86. The Morgan fingerprint density at radius 3 is 2.43 bits per heavy atom. The third-order valence-corrected chi connectivity index (χ3v) is 4.50. The minimum Gasteiger partial charge on any atom is -0.355 e. The van der Waals surface area contributed by atoms with E-state index < -0.39 is 0 Å². The van der Waals surface area contributed by atoms with Crippen LogP contribution in [0.2, 0.25) is 0 Å². The van der Waals surface area contributed by atoms with Crippen molar-refractivity contribution in [3.05, 3.63) is 0 Å². The van der Waals surface area contributed by atoms with Crippen molar-refractivity contribution in [3.63, 3.8) is 0 Å². The number of rotatable bonds is 6. The van der Waals surface area contributed by atoms with Crippen LogP contribution in [0.3, 0.4) is 0 Å². The van der Waals surface area contributed by atoms with Gasteiger partial charge in [0.2, 0.25) is 0 Å². The van der Waals surface area contributed by atoms with Gasteiger partial charge >= 0.3 is 0 Å². The van der Waals surface area contributed by atoms with Gasteiger partial charge in [0.1, 0.15) is 0 Å². The molecule has 0 radical (unpaired) electrons. The van der Waals surface area contributed by atoms with E-state index in [-0.39, 0.29) is 6.29 Å². The minimum absolute atomic E-state index is 0.179. The van der Waals surface area contributed by atoms with Crippen LogP contribution >= 0.6 is 34.9 Å². The van der Waals surface area contributed by atoms with Gasteiger partial charge in [-0.25, -0.2) is 0 Å². The molecule has 0 N–H and O–H groups in total. The summed E-state index contributed by atoms with van der Waals surface area (Å²) in [5, 5.41) is 8.02. The van der Waals surface area contributed by atoms with Gasteiger partial charge in [-0.3, -0.25) is 0 Å². The van der Waals surface area contributed by atoms with Crippen molar-refractivity contribution in [2.24, 2.45) is 0 Å².